The van der Waals surface area contributed by atoms with Crippen molar-refractivity contribution in [3.8, 4) is 0 Å². The standard InChI is InChI=1S/C16H22N2O3S/c1-22(20,21)17-14-9-13-10-15(14)18(11-13)16(19)8-7-12-5-3-2-4-6-12/h2-6,13-15,17H,7-11H2,1H3. The van der Waals surface area contributed by atoms with E-state index in [9.17, 15) is 13.2 Å². The van der Waals surface area contributed by atoms with Crippen molar-refractivity contribution in [2.75, 3.05) is 12.8 Å². The number of nitrogens with zero attached hydrogens (tertiary/aromatic N) is 1. The van der Waals surface area contributed by atoms with Crippen LogP contribution in [0.1, 0.15) is 24.8 Å². The number of carbonyl (C=O) groups is 1. The van der Waals surface area contributed by atoms with Crippen molar-refractivity contribution in [2.24, 2.45) is 5.92 Å². The minimum Gasteiger partial charge on any atom is -0.338 e. The number of hydrogen-bond acceptors (Lipinski definition) is 3. The molecule has 1 aliphatic heterocycles. The normalized spacial score (nSPS) is 27.3. The Labute approximate surface area is 131 Å². The largest absolute Gasteiger partial charge is 0.338 e. The predicted molar refractivity (Wildman–Crippen MR) is 84.8 cm³/mol. The van der Waals surface area contributed by atoms with Gasteiger partial charge in [0.2, 0.25) is 15.9 Å². The van der Waals surface area contributed by atoms with E-state index in [4.69, 9.17) is 0 Å². The number of piperidine rings is 1. The minimum absolute atomic E-state index is 0.0306. The molecule has 1 amide bonds. The summed E-state index contributed by atoms with van der Waals surface area (Å²) in [6.07, 6.45) is 4.17. The van der Waals surface area contributed by atoms with E-state index < -0.39 is 10.0 Å². The number of likely N-dealkylation sites (tertiary alicyclic amines) is 1. The van der Waals surface area contributed by atoms with Crippen LogP contribution in [0.25, 0.3) is 0 Å². The van der Waals surface area contributed by atoms with Gasteiger partial charge in [0.1, 0.15) is 0 Å². The van der Waals surface area contributed by atoms with Crippen molar-refractivity contribution in [1.82, 2.24) is 9.62 Å². The van der Waals surface area contributed by atoms with E-state index in [2.05, 4.69) is 4.72 Å². The van der Waals surface area contributed by atoms with Crippen molar-refractivity contribution in [3.05, 3.63) is 35.9 Å². The Morgan fingerprint density at radius 2 is 2.00 bits per heavy atom. The molecule has 0 radical (unpaired) electrons. The van der Waals surface area contributed by atoms with E-state index in [1.807, 2.05) is 35.2 Å². The van der Waals surface area contributed by atoms with Gasteiger partial charge in [0.25, 0.3) is 0 Å². The molecule has 3 atom stereocenters. The van der Waals surface area contributed by atoms with Crippen LogP contribution in [0.5, 0.6) is 0 Å². The summed E-state index contributed by atoms with van der Waals surface area (Å²) < 4.78 is 25.6. The number of nitrogens with one attached hydrogen (secondary N) is 1. The maximum atomic E-state index is 12.5. The first kappa shape index (κ1) is 15.5. The zero-order valence-electron chi connectivity index (χ0n) is 12.7. The van der Waals surface area contributed by atoms with Crippen molar-refractivity contribution >= 4 is 15.9 Å². The van der Waals surface area contributed by atoms with Crippen LogP contribution in [-0.4, -0.2) is 44.1 Å². The molecule has 1 aromatic carbocycles. The van der Waals surface area contributed by atoms with E-state index in [-0.39, 0.29) is 18.0 Å². The summed E-state index contributed by atoms with van der Waals surface area (Å²) >= 11 is 0. The first-order chi connectivity index (χ1) is 10.4. The van der Waals surface area contributed by atoms with Crippen LogP contribution in [-0.2, 0) is 21.2 Å². The number of sulfonamides is 1. The molecule has 1 saturated carbocycles. The number of amides is 1. The van der Waals surface area contributed by atoms with Gasteiger partial charge in [-0.3, -0.25) is 4.79 Å². The summed E-state index contributed by atoms with van der Waals surface area (Å²) in [5.41, 5.74) is 1.16. The molecule has 0 spiro atoms. The quantitative estimate of drug-likeness (QED) is 0.884. The zero-order chi connectivity index (χ0) is 15.7. The Kier molecular flexibility index (Phi) is 4.23. The number of rotatable bonds is 5. The molecule has 1 aromatic rings. The van der Waals surface area contributed by atoms with Crippen molar-refractivity contribution in [1.29, 1.82) is 0 Å². The molecule has 0 aromatic heterocycles. The number of fused-ring (bicyclic) bond motifs is 2. The highest BCUT2D eigenvalue weighted by atomic mass is 32.2. The molecule has 3 rings (SSSR count). The van der Waals surface area contributed by atoms with E-state index in [1.54, 1.807) is 0 Å². The fraction of sp³-hybridized carbons (Fsp3) is 0.562. The molecule has 120 valence electrons. The maximum absolute atomic E-state index is 12.5. The second-order valence-electron chi connectivity index (χ2n) is 6.43. The van der Waals surface area contributed by atoms with Crippen LogP contribution in [0.3, 0.4) is 0 Å². The third-order valence-electron chi connectivity index (χ3n) is 4.64. The Bertz CT molecular complexity index is 645. The molecule has 1 N–H and O–H groups in total. The highest BCUT2D eigenvalue weighted by molar-refractivity contribution is 7.88. The molecule has 5 nitrogen and oxygen atoms in total. The van der Waals surface area contributed by atoms with Gasteiger partial charge in [0, 0.05) is 25.0 Å². The van der Waals surface area contributed by atoms with Crippen LogP contribution in [0.4, 0.5) is 0 Å². The predicted octanol–water partition coefficient (Wildman–Crippen LogP) is 1.16. The summed E-state index contributed by atoms with van der Waals surface area (Å²) in [6, 6.07) is 9.88. The summed E-state index contributed by atoms with van der Waals surface area (Å²) in [4.78, 5) is 14.4. The van der Waals surface area contributed by atoms with E-state index in [0.29, 0.717) is 12.3 Å². The Morgan fingerprint density at radius 3 is 2.64 bits per heavy atom. The van der Waals surface area contributed by atoms with Crippen LogP contribution in [0.2, 0.25) is 0 Å². The first-order valence-electron chi connectivity index (χ1n) is 7.73. The fourth-order valence-electron chi connectivity index (χ4n) is 3.75. The summed E-state index contributed by atoms with van der Waals surface area (Å²) in [6.45, 7) is 0.778. The van der Waals surface area contributed by atoms with Gasteiger partial charge in [-0.25, -0.2) is 13.1 Å². The molecule has 1 aliphatic carbocycles. The number of benzene rings is 1. The summed E-state index contributed by atoms with van der Waals surface area (Å²) in [7, 11) is -3.22. The Hall–Kier alpha value is -1.40. The molecule has 1 heterocycles. The second kappa shape index (κ2) is 6.01. The highest BCUT2D eigenvalue weighted by Crippen LogP contribution is 2.38. The molecule has 2 fully saturated rings. The molecule has 6 heteroatoms. The topological polar surface area (TPSA) is 66.5 Å². The molecular formula is C16H22N2O3S. The van der Waals surface area contributed by atoms with Crippen LogP contribution in [0.15, 0.2) is 30.3 Å². The third-order valence-corrected chi connectivity index (χ3v) is 5.37. The molecule has 2 aliphatic rings. The lowest BCUT2D eigenvalue weighted by Crippen LogP contribution is -2.51. The van der Waals surface area contributed by atoms with Gasteiger partial charge in [-0.1, -0.05) is 30.3 Å². The van der Waals surface area contributed by atoms with E-state index in [0.717, 1.165) is 31.4 Å². The van der Waals surface area contributed by atoms with Gasteiger partial charge in [0.05, 0.1) is 6.26 Å². The van der Waals surface area contributed by atoms with E-state index in [1.165, 1.54) is 6.26 Å². The first-order valence-corrected chi connectivity index (χ1v) is 9.62. The van der Waals surface area contributed by atoms with Crippen LogP contribution in [0, 0.1) is 5.92 Å². The van der Waals surface area contributed by atoms with Gasteiger partial charge >= 0.3 is 0 Å². The lowest BCUT2D eigenvalue weighted by Gasteiger charge is -2.33. The average molecular weight is 322 g/mol. The Morgan fingerprint density at radius 1 is 1.27 bits per heavy atom. The number of aryl methyl sites for hydroxylation is 1. The molecule has 22 heavy (non-hydrogen) atoms. The van der Waals surface area contributed by atoms with Gasteiger partial charge in [-0.05, 0) is 30.7 Å². The summed E-state index contributed by atoms with van der Waals surface area (Å²) in [5.74, 6) is 0.571. The fourth-order valence-corrected chi connectivity index (χ4v) is 4.56. The van der Waals surface area contributed by atoms with Gasteiger partial charge in [0.15, 0.2) is 0 Å². The number of carbonyl (C=O) groups excluding carboxylic acids is 1. The van der Waals surface area contributed by atoms with Crippen LogP contribution < -0.4 is 4.72 Å². The van der Waals surface area contributed by atoms with Crippen LogP contribution >= 0.6 is 0 Å². The lowest BCUT2D eigenvalue weighted by molar-refractivity contribution is -0.133. The van der Waals surface area contributed by atoms with Crippen molar-refractivity contribution in [3.63, 3.8) is 0 Å². The molecule has 1 saturated heterocycles. The smallest absolute Gasteiger partial charge is 0.223 e. The van der Waals surface area contributed by atoms with Crippen molar-refractivity contribution < 1.29 is 13.2 Å². The zero-order valence-corrected chi connectivity index (χ0v) is 13.6. The monoisotopic (exact) mass is 322 g/mol. The molecule has 2 bridgehead atoms. The highest BCUT2D eigenvalue weighted by Gasteiger charge is 2.47. The SMILES string of the molecule is CS(=O)(=O)NC1CC2CC1N(C(=O)CCc1ccccc1)C2. The molecule has 3 unspecified atom stereocenters. The maximum Gasteiger partial charge on any atom is 0.223 e. The summed E-state index contributed by atoms with van der Waals surface area (Å²) in [5, 5.41) is 0. The van der Waals surface area contributed by atoms with Gasteiger partial charge in [-0.15, -0.1) is 0 Å². The third kappa shape index (κ3) is 3.50. The molecular weight excluding hydrogens is 300 g/mol. The lowest BCUT2D eigenvalue weighted by atomic mass is 10.0. The van der Waals surface area contributed by atoms with Gasteiger partial charge in [-0.2, -0.15) is 0 Å². The Balaban J connectivity index is 1.59. The van der Waals surface area contributed by atoms with Crippen molar-refractivity contribution in [2.45, 2.75) is 37.8 Å². The number of hydrogen-bond donors (Lipinski definition) is 1. The minimum atomic E-state index is -3.22. The second-order valence-corrected chi connectivity index (χ2v) is 8.21. The van der Waals surface area contributed by atoms with Gasteiger partial charge < -0.3 is 4.90 Å². The van der Waals surface area contributed by atoms with E-state index >= 15 is 0 Å². The average Bonchev–Trinajstić information content (AvgIpc) is 3.04.